The van der Waals surface area contributed by atoms with E-state index in [1.165, 1.54) is 0 Å². The van der Waals surface area contributed by atoms with Gasteiger partial charge in [-0.15, -0.1) is 0 Å². The fourth-order valence-corrected chi connectivity index (χ4v) is 1.47. The van der Waals surface area contributed by atoms with Crippen LogP contribution >= 0.6 is 0 Å². The Hall–Kier alpha value is -0.840. The van der Waals surface area contributed by atoms with Gasteiger partial charge in [-0.05, 0) is 19.4 Å². The summed E-state index contributed by atoms with van der Waals surface area (Å²) in [6.45, 7) is 3.57. The maximum Gasteiger partial charge on any atom is 0.407 e. The number of carbonyl (C=O) groups is 1. The smallest absolute Gasteiger partial charge is 0.407 e. The Morgan fingerprint density at radius 1 is 1.67 bits per heavy atom. The van der Waals surface area contributed by atoms with E-state index >= 15 is 0 Å². The van der Waals surface area contributed by atoms with E-state index in [0.29, 0.717) is 26.1 Å². The number of hydrogen-bond donors (Lipinski definition) is 2. The van der Waals surface area contributed by atoms with Gasteiger partial charge in [-0.3, -0.25) is 0 Å². The van der Waals surface area contributed by atoms with Crippen LogP contribution in [0.15, 0.2) is 0 Å². The second-order valence-corrected chi connectivity index (χ2v) is 3.75. The number of alkyl halides is 1. The highest BCUT2D eigenvalue weighted by Crippen LogP contribution is 2.07. The lowest BCUT2D eigenvalue weighted by Crippen LogP contribution is -2.52. The summed E-state index contributed by atoms with van der Waals surface area (Å²) in [6.07, 6.45) is 0.782. The summed E-state index contributed by atoms with van der Waals surface area (Å²) in [5.41, 5.74) is 0. The number of rotatable bonds is 4. The van der Waals surface area contributed by atoms with Crippen LogP contribution in [0.5, 0.6) is 0 Å². The van der Waals surface area contributed by atoms with Gasteiger partial charge in [-0.25, -0.2) is 9.18 Å². The average Bonchev–Trinajstić information content (AvgIpc) is 2.22. The van der Waals surface area contributed by atoms with Crippen LogP contribution in [0.3, 0.4) is 0 Å². The van der Waals surface area contributed by atoms with E-state index in [0.717, 1.165) is 12.8 Å². The lowest BCUT2D eigenvalue weighted by molar-refractivity contribution is 0.126. The van der Waals surface area contributed by atoms with Crippen molar-refractivity contribution in [2.24, 2.45) is 0 Å². The van der Waals surface area contributed by atoms with Crippen LogP contribution in [-0.2, 0) is 4.74 Å². The first-order chi connectivity index (χ1) is 7.24. The quantitative estimate of drug-likeness (QED) is 0.697. The van der Waals surface area contributed by atoms with Crippen molar-refractivity contribution in [3.8, 4) is 0 Å². The summed E-state index contributed by atoms with van der Waals surface area (Å²) in [5.74, 6) is 0. The third kappa shape index (κ3) is 4.46. The van der Waals surface area contributed by atoms with E-state index in [9.17, 15) is 9.18 Å². The Balaban J connectivity index is 2.18. The Morgan fingerprint density at radius 2 is 2.47 bits per heavy atom. The predicted octanol–water partition coefficient (Wildman–Crippen LogP) is 1.21. The highest BCUT2D eigenvalue weighted by Gasteiger charge is 2.26. The number of halogens is 1. The molecule has 0 aromatic heterocycles. The van der Waals surface area contributed by atoms with Crippen molar-refractivity contribution in [1.82, 2.24) is 10.6 Å². The lowest BCUT2D eigenvalue weighted by Gasteiger charge is -2.27. The monoisotopic (exact) mass is 218 g/mol. The number of ether oxygens (including phenoxy) is 1. The molecule has 1 heterocycles. The van der Waals surface area contributed by atoms with Gasteiger partial charge in [0, 0.05) is 6.54 Å². The highest BCUT2D eigenvalue weighted by molar-refractivity contribution is 5.67. The van der Waals surface area contributed by atoms with Crippen molar-refractivity contribution < 1.29 is 13.9 Å². The number of unbranched alkanes of at least 4 members (excludes halogenated alkanes) is 1. The van der Waals surface area contributed by atoms with Crippen LogP contribution in [0.25, 0.3) is 0 Å². The molecule has 1 rings (SSSR count). The third-order valence-electron chi connectivity index (χ3n) is 2.43. The molecule has 15 heavy (non-hydrogen) atoms. The maximum absolute atomic E-state index is 13.3. The van der Waals surface area contributed by atoms with Crippen molar-refractivity contribution in [2.45, 2.75) is 38.4 Å². The molecule has 0 aromatic carbocycles. The van der Waals surface area contributed by atoms with Gasteiger partial charge in [0.1, 0.15) is 6.17 Å². The van der Waals surface area contributed by atoms with E-state index in [2.05, 4.69) is 10.6 Å². The minimum atomic E-state index is -0.968. The molecule has 2 N–H and O–H groups in total. The summed E-state index contributed by atoms with van der Waals surface area (Å²) in [7, 11) is 0. The number of carbonyl (C=O) groups excluding carboxylic acids is 1. The number of amides is 1. The Morgan fingerprint density at radius 3 is 3.13 bits per heavy atom. The van der Waals surface area contributed by atoms with E-state index in [1.54, 1.807) is 0 Å². The average molecular weight is 218 g/mol. The van der Waals surface area contributed by atoms with E-state index in [-0.39, 0.29) is 0 Å². The van der Waals surface area contributed by atoms with Gasteiger partial charge in [0.05, 0.1) is 12.6 Å². The normalized spacial score (nSPS) is 26.0. The van der Waals surface area contributed by atoms with Gasteiger partial charge in [0.25, 0.3) is 0 Å². The molecule has 4 nitrogen and oxygen atoms in total. The number of hydrogen-bond acceptors (Lipinski definition) is 3. The Kier molecular flexibility index (Phi) is 5.39. The highest BCUT2D eigenvalue weighted by atomic mass is 19.1. The van der Waals surface area contributed by atoms with Crippen molar-refractivity contribution in [3.63, 3.8) is 0 Å². The van der Waals surface area contributed by atoms with Crippen molar-refractivity contribution in [1.29, 1.82) is 0 Å². The fraction of sp³-hybridized carbons (Fsp3) is 0.900. The number of nitrogens with one attached hydrogen (secondary N) is 2. The zero-order valence-corrected chi connectivity index (χ0v) is 9.09. The van der Waals surface area contributed by atoms with Crippen LogP contribution in [0.4, 0.5) is 9.18 Å². The molecule has 1 saturated heterocycles. The topological polar surface area (TPSA) is 50.4 Å². The number of alkyl carbamates (subject to hydrolysis) is 1. The van der Waals surface area contributed by atoms with Crippen molar-refractivity contribution in [3.05, 3.63) is 0 Å². The minimum absolute atomic E-state index is 0.402. The van der Waals surface area contributed by atoms with Crippen LogP contribution < -0.4 is 10.6 Å². The Bertz CT molecular complexity index is 202. The first-order valence-corrected chi connectivity index (χ1v) is 5.52. The molecule has 0 radical (unpaired) electrons. The molecule has 1 amide bonds. The fourth-order valence-electron chi connectivity index (χ4n) is 1.47. The number of piperidine rings is 1. The molecule has 1 fully saturated rings. The third-order valence-corrected chi connectivity index (χ3v) is 2.43. The molecule has 2 atom stereocenters. The second-order valence-electron chi connectivity index (χ2n) is 3.75. The van der Waals surface area contributed by atoms with Crippen LogP contribution in [-0.4, -0.2) is 38.0 Å². The van der Waals surface area contributed by atoms with E-state index in [1.807, 2.05) is 6.92 Å². The molecular weight excluding hydrogens is 199 g/mol. The molecule has 1 aliphatic heterocycles. The summed E-state index contributed by atoms with van der Waals surface area (Å²) in [6, 6.07) is -0.451. The van der Waals surface area contributed by atoms with Gasteiger partial charge < -0.3 is 15.4 Å². The van der Waals surface area contributed by atoms with Gasteiger partial charge in [-0.2, -0.15) is 0 Å². The molecule has 5 heteroatoms. The molecule has 0 unspecified atom stereocenters. The molecule has 0 spiro atoms. The summed E-state index contributed by atoms with van der Waals surface area (Å²) < 4.78 is 18.2. The summed E-state index contributed by atoms with van der Waals surface area (Å²) in [5, 5.41) is 5.56. The van der Waals surface area contributed by atoms with E-state index < -0.39 is 18.3 Å². The second kappa shape index (κ2) is 6.61. The molecular formula is C10H19FN2O2. The van der Waals surface area contributed by atoms with Gasteiger partial charge in [0.15, 0.2) is 0 Å². The summed E-state index contributed by atoms with van der Waals surface area (Å²) in [4.78, 5) is 11.2. The van der Waals surface area contributed by atoms with E-state index in [4.69, 9.17) is 4.74 Å². The van der Waals surface area contributed by atoms with Gasteiger partial charge >= 0.3 is 6.09 Å². The van der Waals surface area contributed by atoms with Crippen LogP contribution in [0, 0.1) is 0 Å². The first-order valence-electron chi connectivity index (χ1n) is 5.52. The molecule has 0 aliphatic carbocycles. The van der Waals surface area contributed by atoms with Crippen LogP contribution in [0.2, 0.25) is 0 Å². The molecule has 0 aromatic rings. The SMILES string of the molecule is CCCCOC(=O)N[C@H]1CNCC[C@@H]1F. The maximum atomic E-state index is 13.3. The van der Waals surface area contributed by atoms with Crippen molar-refractivity contribution in [2.75, 3.05) is 19.7 Å². The minimum Gasteiger partial charge on any atom is -0.450 e. The molecule has 1 aliphatic rings. The Labute approximate surface area is 89.6 Å². The lowest BCUT2D eigenvalue weighted by atomic mass is 10.1. The molecule has 88 valence electrons. The van der Waals surface area contributed by atoms with Crippen molar-refractivity contribution >= 4 is 6.09 Å². The zero-order chi connectivity index (χ0) is 11.1. The molecule has 0 bridgehead atoms. The van der Waals surface area contributed by atoms with Crippen LogP contribution in [0.1, 0.15) is 26.2 Å². The summed E-state index contributed by atoms with van der Waals surface area (Å²) >= 11 is 0. The van der Waals surface area contributed by atoms with Gasteiger partial charge in [-0.1, -0.05) is 13.3 Å². The molecule has 0 saturated carbocycles. The standard InChI is InChI=1S/C10H19FN2O2/c1-2-3-6-15-10(14)13-9-7-12-5-4-8(9)11/h8-9,12H,2-7H2,1H3,(H,13,14)/t8-,9-/m0/s1. The zero-order valence-electron chi connectivity index (χ0n) is 9.09. The predicted molar refractivity (Wildman–Crippen MR) is 55.6 cm³/mol. The van der Waals surface area contributed by atoms with Gasteiger partial charge in [0.2, 0.25) is 0 Å². The first kappa shape index (κ1) is 12.2. The largest absolute Gasteiger partial charge is 0.450 e.